The average molecular weight is 418 g/mol. The second kappa shape index (κ2) is 9.97. The highest BCUT2D eigenvalue weighted by Crippen LogP contribution is 2.39. The Labute approximate surface area is 175 Å². The molecule has 0 spiro atoms. The second-order valence-corrected chi connectivity index (χ2v) is 6.50. The number of nitrogens with one attached hydrogen (secondary N) is 1. The van der Waals surface area contributed by atoms with E-state index in [0.717, 1.165) is 5.69 Å². The lowest BCUT2D eigenvalue weighted by molar-refractivity contribution is -0.118. The highest BCUT2D eigenvalue weighted by atomic mass is 16.5. The molecule has 2 heterocycles. The summed E-state index contributed by atoms with van der Waals surface area (Å²) in [6.07, 6.45) is 0. The first-order chi connectivity index (χ1) is 14.5. The highest BCUT2D eigenvalue weighted by molar-refractivity contribution is 5.92. The van der Waals surface area contributed by atoms with Gasteiger partial charge in [-0.2, -0.15) is 4.98 Å². The molecule has 30 heavy (non-hydrogen) atoms. The van der Waals surface area contributed by atoms with Gasteiger partial charge in [0.25, 0.3) is 5.91 Å². The van der Waals surface area contributed by atoms with Crippen molar-refractivity contribution in [3.8, 4) is 23.1 Å². The van der Waals surface area contributed by atoms with E-state index < -0.39 is 0 Å². The number of morpholine rings is 1. The third-order valence-electron chi connectivity index (χ3n) is 4.41. The third kappa shape index (κ3) is 5.20. The Hall–Kier alpha value is -3.27. The van der Waals surface area contributed by atoms with Crippen LogP contribution in [0.2, 0.25) is 0 Å². The first kappa shape index (κ1) is 21.4. The zero-order valence-electron chi connectivity index (χ0n) is 17.6. The first-order valence-corrected chi connectivity index (χ1v) is 9.45. The van der Waals surface area contributed by atoms with Crippen LogP contribution in [0.4, 0.5) is 11.6 Å². The number of hydrogen-bond donors (Lipinski definition) is 1. The monoisotopic (exact) mass is 418 g/mol. The number of ether oxygens (including phenoxy) is 5. The molecule has 10 heteroatoms. The van der Waals surface area contributed by atoms with Gasteiger partial charge in [-0.15, -0.1) is 0 Å². The van der Waals surface area contributed by atoms with E-state index in [1.54, 1.807) is 18.2 Å². The zero-order valence-corrected chi connectivity index (χ0v) is 17.6. The molecule has 1 aliphatic heterocycles. The van der Waals surface area contributed by atoms with Crippen LogP contribution < -0.4 is 29.2 Å². The van der Waals surface area contributed by atoms with Crippen LogP contribution in [0.25, 0.3) is 0 Å². The number of anilines is 2. The Morgan fingerprint density at radius 1 is 1.07 bits per heavy atom. The molecule has 1 aromatic carbocycles. The Bertz CT molecular complexity index is 861. The van der Waals surface area contributed by atoms with Crippen LogP contribution in [0.3, 0.4) is 0 Å². The molecule has 2 aromatic rings. The molecule has 1 fully saturated rings. The summed E-state index contributed by atoms with van der Waals surface area (Å²) in [5.41, 5.74) is 1.25. The maximum atomic E-state index is 12.4. The molecule has 1 aliphatic rings. The van der Waals surface area contributed by atoms with Crippen LogP contribution in [-0.2, 0) is 9.53 Å². The van der Waals surface area contributed by atoms with Gasteiger partial charge in [0.15, 0.2) is 18.1 Å². The predicted octanol–water partition coefficient (Wildman–Crippen LogP) is 1.66. The summed E-state index contributed by atoms with van der Waals surface area (Å²) in [5, 5.41) is 2.76. The smallest absolute Gasteiger partial charge is 0.262 e. The fourth-order valence-electron chi connectivity index (χ4n) is 2.99. The summed E-state index contributed by atoms with van der Waals surface area (Å²) in [6, 6.07) is 4.98. The van der Waals surface area contributed by atoms with E-state index >= 15 is 0 Å². The Morgan fingerprint density at radius 2 is 1.73 bits per heavy atom. The summed E-state index contributed by atoms with van der Waals surface area (Å²) in [5.74, 6) is 1.88. The molecule has 1 aromatic heterocycles. The van der Waals surface area contributed by atoms with Gasteiger partial charge < -0.3 is 33.9 Å². The van der Waals surface area contributed by atoms with Crippen molar-refractivity contribution in [2.45, 2.75) is 6.92 Å². The van der Waals surface area contributed by atoms with Crippen molar-refractivity contribution >= 4 is 17.5 Å². The molecule has 1 saturated heterocycles. The van der Waals surface area contributed by atoms with Crippen molar-refractivity contribution in [2.24, 2.45) is 0 Å². The summed E-state index contributed by atoms with van der Waals surface area (Å²) in [7, 11) is 4.53. The lowest BCUT2D eigenvalue weighted by atomic mass is 10.2. The van der Waals surface area contributed by atoms with E-state index in [9.17, 15) is 4.79 Å². The maximum Gasteiger partial charge on any atom is 0.262 e. The van der Waals surface area contributed by atoms with Crippen LogP contribution in [-0.4, -0.2) is 70.1 Å². The van der Waals surface area contributed by atoms with Crippen molar-refractivity contribution in [1.82, 2.24) is 9.97 Å². The summed E-state index contributed by atoms with van der Waals surface area (Å²) in [6.45, 7) is 4.33. The number of aromatic nitrogens is 2. The quantitative estimate of drug-likeness (QED) is 0.685. The molecular formula is C20H26N4O6. The molecular weight excluding hydrogens is 392 g/mol. The molecule has 0 radical (unpaired) electrons. The Balaban J connectivity index is 1.65. The van der Waals surface area contributed by atoms with Gasteiger partial charge in [-0.25, -0.2) is 4.98 Å². The van der Waals surface area contributed by atoms with Crippen LogP contribution in [0.5, 0.6) is 23.1 Å². The van der Waals surface area contributed by atoms with E-state index in [2.05, 4.69) is 15.3 Å². The molecule has 0 saturated carbocycles. The Morgan fingerprint density at radius 3 is 2.33 bits per heavy atom. The number of methoxy groups -OCH3 is 3. The van der Waals surface area contributed by atoms with E-state index in [0.29, 0.717) is 61.1 Å². The molecule has 1 N–H and O–H groups in total. The number of amides is 1. The molecule has 0 bridgehead atoms. The number of nitrogens with zero attached hydrogens (tertiary/aromatic N) is 3. The first-order valence-electron chi connectivity index (χ1n) is 9.45. The van der Waals surface area contributed by atoms with Gasteiger partial charge in [0, 0.05) is 42.7 Å². The van der Waals surface area contributed by atoms with Crippen molar-refractivity contribution < 1.29 is 28.5 Å². The minimum atomic E-state index is -0.353. The van der Waals surface area contributed by atoms with Gasteiger partial charge >= 0.3 is 0 Å². The third-order valence-corrected chi connectivity index (χ3v) is 4.41. The fourth-order valence-corrected chi connectivity index (χ4v) is 2.99. The molecule has 162 valence electrons. The molecule has 0 atom stereocenters. The molecule has 1 amide bonds. The van der Waals surface area contributed by atoms with Gasteiger partial charge in [0.05, 0.1) is 34.5 Å². The maximum absolute atomic E-state index is 12.4. The number of rotatable bonds is 8. The van der Waals surface area contributed by atoms with Crippen LogP contribution in [0.15, 0.2) is 18.2 Å². The molecule has 3 rings (SSSR count). The van der Waals surface area contributed by atoms with E-state index in [1.807, 2.05) is 11.8 Å². The minimum absolute atomic E-state index is 0.213. The van der Waals surface area contributed by atoms with Crippen LogP contribution in [0.1, 0.15) is 5.69 Å². The summed E-state index contributed by atoms with van der Waals surface area (Å²) < 4.78 is 26.8. The van der Waals surface area contributed by atoms with E-state index in [-0.39, 0.29) is 12.5 Å². The van der Waals surface area contributed by atoms with Crippen molar-refractivity contribution in [3.05, 3.63) is 23.9 Å². The molecule has 10 nitrogen and oxygen atoms in total. The lowest BCUT2D eigenvalue weighted by Crippen LogP contribution is -2.37. The van der Waals surface area contributed by atoms with Crippen molar-refractivity contribution in [1.29, 1.82) is 0 Å². The second-order valence-electron chi connectivity index (χ2n) is 6.50. The number of aryl methyl sites for hydroxylation is 1. The van der Waals surface area contributed by atoms with Gasteiger partial charge in [-0.05, 0) is 6.92 Å². The lowest BCUT2D eigenvalue weighted by Gasteiger charge is -2.27. The highest BCUT2D eigenvalue weighted by Gasteiger charge is 2.17. The SMILES string of the molecule is COc1cc(NC(=O)COc2cc(C)nc(N3CCOCC3)n2)cc(OC)c1OC. The topological polar surface area (TPSA) is 104 Å². The number of carbonyl (C=O) groups is 1. The van der Waals surface area contributed by atoms with Gasteiger partial charge in [0.1, 0.15) is 0 Å². The average Bonchev–Trinajstić information content (AvgIpc) is 2.77. The minimum Gasteiger partial charge on any atom is -0.493 e. The largest absolute Gasteiger partial charge is 0.493 e. The van der Waals surface area contributed by atoms with Crippen molar-refractivity contribution in [2.75, 3.05) is 64.5 Å². The standard InChI is InChI=1S/C20H26N4O6/c1-13-9-18(23-20(21-13)24-5-7-29-8-6-24)30-12-17(25)22-14-10-15(26-2)19(28-4)16(11-14)27-3/h9-11H,5-8,12H2,1-4H3,(H,22,25). The summed E-state index contributed by atoms with van der Waals surface area (Å²) in [4.78, 5) is 23.3. The van der Waals surface area contributed by atoms with E-state index in [4.69, 9.17) is 23.7 Å². The van der Waals surface area contributed by atoms with E-state index in [1.165, 1.54) is 21.3 Å². The van der Waals surface area contributed by atoms with Crippen molar-refractivity contribution in [3.63, 3.8) is 0 Å². The number of benzene rings is 1. The van der Waals surface area contributed by atoms with Gasteiger partial charge in [-0.1, -0.05) is 0 Å². The zero-order chi connectivity index (χ0) is 21.5. The van der Waals surface area contributed by atoms with Crippen LogP contribution >= 0.6 is 0 Å². The van der Waals surface area contributed by atoms with Crippen LogP contribution in [0, 0.1) is 6.92 Å². The predicted molar refractivity (Wildman–Crippen MR) is 110 cm³/mol. The summed E-state index contributed by atoms with van der Waals surface area (Å²) >= 11 is 0. The molecule has 0 unspecified atom stereocenters. The Kier molecular flexibility index (Phi) is 7.12. The number of hydrogen-bond acceptors (Lipinski definition) is 9. The fraction of sp³-hybridized carbons (Fsp3) is 0.450. The molecule has 0 aliphatic carbocycles. The normalized spacial score (nSPS) is 13.5. The number of carbonyl (C=O) groups excluding carboxylic acids is 1. The van der Waals surface area contributed by atoms with Gasteiger partial charge in [0.2, 0.25) is 17.6 Å². The van der Waals surface area contributed by atoms with Gasteiger partial charge in [-0.3, -0.25) is 4.79 Å².